The van der Waals surface area contributed by atoms with Crippen LogP contribution in [0.3, 0.4) is 0 Å². The Labute approximate surface area is 127 Å². The largest absolute Gasteiger partial charge is 0.462 e. The van der Waals surface area contributed by atoms with Gasteiger partial charge in [-0.05, 0) is 43.4 Å². The van der Waals surface area contributed by atoms with Crippen molar-refractivity contribution in [3.8, 4) is 0 Å². The lowest BCUT2D eigenvalue weighted by atomic mass is 9.72. The molecule has 0 bridgehead atoms. The molecule has 1 aliphatic carbocycles. The molecule has 0 spiro atoms. The zero-order valence-corrected chi connectivity index (χ0v) is 13.7. The summed E-state index contributed by atoms with van der Waals surface area (Å²) >= 11 is 0. The van der Waals surface area contributed by atoms with Crippen molar-refractivity contribution in [3.63, 3.8) is 0 Å². The minimum absolute atomic E-state index is 0.0738. The van der Waals surface area contributed by atoms with E-state index in [0.29, 0.717) is 24.8 Å². The van der Waals surface area contributed by atoms with Crippen molar-refractivity contribution >= 4 is 12.1 Å². The van der Waals surface area contributed by atoms with Gasteiger partial charge in [0, 0.05) is 13.0 Å². The normalized spacial score (nSPS) is 22.5. The topological polar surface area (TPSA) is 64.6 Å². The van der Waals surface area contributed by atoms with Crippen LogP contribution >= 0.6 is 0 Å². The summed E-state index contributed by atoms with van der Waals surface area (Å²) in [4.78, 5) is 22.6. The Balaban J connectivity index is 2.15. The Bertz CT molecular complexity index is 341. The van der Waals surface area contributed by atoms with Crippen LogP contribution in [0.25, 0.3) is 0 Å². The van der Waals surface area contributed by atoms with Gasteiger partial charge in [0.05, 0.1) is 7.11 Å². The van der Waals surface area contributed by atoms with Gasteiger partial charge in [0.2, 0.25) is 0 Å². The lowest BCUT2D eigenvalue weighted by Crippen LogP contribution is -2.30. The van der Waals surface area contributed by atoms with Crippen LogP contribution in [0.4, 0.5) is 4.79 Å². The zero-order chi connectivity index (χ0) is 15.9. The SMILES string of the molecule is COC(=O)NCCCC(=O)OC1CCC(C(C)(C)C)CC1. The minimum atomic E-state index is -0.469. The smallest absolute Gasteiger partial charge is 0.406 e. The Hall–Kier alpha value is -1.26. The molecule has 1 amide bonds. The van der Waals surface area contributed by atoms with Gasteiger partial charge in [-0.25, -0.2) is 4.79 Å². The quantitative estimate of drug-likeness (QED) is 0.625. The maximum absolute atomic E-state index is 11.7. The maximum Gasteiger partial charge on any atom is 0.406 e. The van der Waals surface area contributed by atoms with Crippen LogP contribution < -0.4 is 5.32 Å². The molecule has 5 nitrogen and oxygen atoms in total. The van der Waals surface area contributed by atoms with Crippen LogP contribution in [-0.4, -0.2) is 31.8 Å². The average molecular weight is 299 g/mol. The highest BCUT2D eigenvalue weighted by Crippen LogP contribution is 2.38. The second-order valence-corrected chi connectivity index (χ2v) is 6.85. The third-order valence-corrected chi connectivity index (χ3v) is 4.21. The molecular weight excluding hydrogens is 270 g/mol. The van der Waals surface area contributed by atoms with E-state index in [1.165, 1.54) is 7.11 Å². The van der Waals surface area contributed by atoms with E-state index in [9.17, 15) is 9.59 Å². The number of ether oxygens (including phenoxy) is 2. The molecule has 5 heteroatoms. The van der Waals surface area contributed by atoms with E-state index in [0.717, 1.165) is 31.6 Å². The molecule has 122 valence electrons. The van der Waals surface area contributed by atoms with Gasteiger partial charge in [0.25, 0.3) is 0 Å². The van der Waals surface area contributed by atoms with Crippen LogP contribution in [0.1, 0.15) is 59.3 Å². The number of hydrogen-bond acceptors (Lipinski definition) is 4. The van der Waals surface area contributed by atoms with Crippen molar-refractivity contribution in [1.29, 1.82) is 0 Å². The van der Waals surface area contributed by atoms with E-state index in [-0.39, 0.29) is 12.1 Å². The molecule has 0 aromatic rings. The fraction of sp³-hybridized carbons (Fsp3) is 0.875. The average Bonchev–Trinajstić information content (AvgIpc) is 2.43. The second kappa shape index (κ2) is 8.25. The van der Waals surface area contributed by atoms with E-state index >= 15 is 0 Å². The summed E-state index contributed by atoms with van der Waals surface area (Å²) in [6.07, 6.45) is 4.71. The first-order valence-corrected chi connectivity index (χ1v) is 7.84. The Morgan fingerprint density at radius 1 is 1.14 bits per heavy atom. The standard InChI is InChI=1S/C16H29NO4/c1-16(2,3)12-7-9-13(10-8-12)21-14(18)6-5-11-17-15(19)20-4/h12-13H,5-11H2,1-4H3,(H,17,19). The number of methoxy groups -OCH3 is 1. The summed E-state index contributed by atoms with van der Waals surface area (Å²) < 4.78 is 9.95. The van der Waals surface area contributed by atoms with Crippen molar-refractivity contribution in [2.45, 2.75) is 65.4 Å². The van der Waals surface area contributed by atoms with Crippen molar-refractivity contribution in [2.75, 3.05) is 13.7 Å². The molecule has 0 radical (unpaired) electrons. The van der Waals surface area contributed by atoms with Crippen molar-refractivity contribution in [1.82, 2.24) is 5.32 Å². The number of rotatable bonds is 5. The fourth-order valence-corrected chi connectivity index (χ4v) is 2.79. The highest BCUT2D eigenvalue weighted by Gasteiger charge is 2.30. The highest BCUT2D eigenvalue weighted by atomic mass is 16.5. The van der Waals surface area contributed by atoms with Gasteiger partial charge in [-0.15, -0.1) is 0 Å². The Morgan fingerprint density at radius 2 is 1.76 bits per heavy atom. The molecule has 0 atom stereocenters. The Kier molecular flexibility index (Phi) is 6.99. The van der Waals surface area contributed by atoms with Gasteiger partial charge in [-0.1, -0.05) is 20.8 Å². The molecule has 0 heterocycles. The van der Waals surface area contributed by atoms with Crippen LogP contribution in [0.15, 0.2) is 0 Å². The number of alkyl carbamates (subject to hydrolysis) is 1. The van der Waals surface area contributed by atoms with Gasteiger partial charge >= 0.3 is 12.1 Å². The van der Waals surface area contributed by atoms with Crippen LogP contribution in [-0.2, 0) is 14.3 Å². The van der Waals surface area contributed by atoms with Crippen molar-refractivity contribution < 1.29 is 19.1 Å². The summed E-state index contributed by atoms with van der Waals surface area (Å²) in [5.41, 5.74) is 0.342. The van der Waals surface area contributed by atoms with E-state index in [1.54, 1.807) is 0 Å². The van der Waals surface area contributed by atoms with Gasteiger partial charge in [0.1, 0.15) is 6.10 Å². The number of amides is 1. The third kappa shape index (κ3) is 6.82. The van der Waals surface area contributed by atoms with Crippen LogP contribution in [0.5, 0.6) is 0 Å². The lowest BCUT2D eigenvalue weighted by molar-refractivity contribution is -0.151. The fourth-order valence-electron chi connectivity index (χ4n) is 2.79. The second-order valence-electron chi connectivity index (χ2n) is 6.85. The molecule has 0 aliphatic heterocycles. The molecule has 1 N–H and O–H groups in total. The molecule has 1 aliphatic rings. The summed E-state index contributed by atoms with van der Waals surface area (Å²) in [5, 5.41) is 2.54. The first-order valence-electron chi connectivity index (χ1n) is 7.84. The van der Waals surface area contributed by atoms with Crippen LogP contribution in [0, 0.1) is 11.3 Å². The number of nitrogens with one attached hydrogen (secondary N) is 1. The van der Waals surface area contributed by atoms with Gasteiger partial charge < -0.3 is 14.8 Å². The lowest BCUT2D eigenvalue weighted by Gasteiger charge is -2.36. The van der Waals surface area contributed by atoms with Gasteiger partial charge in [-0.3, -0.25) is 4.79 Å². The summed E-state index contributed by atoms with van der Waals surface area (Å²) in [6.45, 7) is 7.26. The zero-order valence-electron chi connectivity index (χ0n) is 13.7. The summed E-state index contributed by atoms with van der Waals surface area (Å²) in [5.74, 6) is 0.553. The third-order valence-electron chi connectivity index (χ3n) is 4.21. The van der Waals surface area contributed by atoms with Crippen molar-refractivity contribution in [2.24, 2.45) is 11.3 Å². The monoisotopic (exact) mass is 299 g/mol. The predicted octanol–water partition coefficient (Wildman–Crippen LogP) is 3.27. The first kappa shape index (κ1) is 17.8. The molecule has 1 fully saturated rings. The molecule has 0 unspecified atom stereocenters. The number of esters is 1. The highest BCUT2D eigenvalue weighted by molar-refractivity contribution is 5.70. The predicted molar refractivity (Wildman–Crippen MR) is 80.9 cm³/mol. The maximum atomic E-state index is 11.7. The molecule has 0 saturated heterocycles. The molecule has 21 heavy (non-hydrogen) atoms. The Morgan fingerprint density at radius 3 is 2.29 bits per heavy atom. The minimum Gasteiger partial charge on any atom is -0.462 e. The van der Waals surface area contributed by atoms with E-state index < -0.39 is 6.09 Å². The van der Waals surface area contributed by atoms with E-state index in [1.807, 2.05) is 0 Å². The number of carbonyl (C=O) groups excluding carboxylic acids is 2. The van der Waals surface area contributed by atoms with Gasteiger partial charge in [0.15, 0.2) is 0 Å². The van der Waals surface area contributed by atoms with Crippen LogP contribution in [0.2, 0.25) is 0 Å². The van der Waals surface area contributed by atoms with Gasteiger partial charge in [-0.2, -0.15) is 0 Å². The van der Waals surface area contributed by atoms with Crippen molar-refractivity contribution in [3.05, 3.63) is 0 Å². The number of hydrogen-bond donors (Lipinski definition) is 1. The molecular formula is C16H29NO4. The van der Waals surface area contributed by atoms with E-state index in [4.69, 9.17) is 4.74 Å². The number of carbonyl (C=O) groups is 2. The van der Waals surface area contributed by atoms with E-state index in [2.05, 4.69) is 30.8 Å². The molecule has 1 rings (SSSR count). The molecule has 1 saturated carbocycles. The summed E-state index contributed by atoms with van der Waals surface area (Å²) in [6, 6.07) is 0. The first-order chi connectivity index (χ1) is 9.82. The molecule has 0 aromatic carbocycles. The summed E-state index contributed by atoms with van der Waals surface area (Å²) in [7, 11) is 1.32. The molecule has 0 aromatic heterocycles.